The highest BCUT2D eigenvalue weighted by molar-refractivity contribution is 5.70. The lowest BCUT2D eigenvalue weighted by atomic mass is 9.80. The number of nitrogens with zero attached hydrogens (tertiary/aromatic N) is 6. The van der Waals surface area contributed by atoms with E-state index in [0.29, 0.717) is 59.8 Å². The monoisotopic (exact) mass is 617 g/mol. The molecule has 0 unspecified atom stereocenters. The molecular weight excluding hydrogens is 570 g/mol. The maximum absolute atomic E-state index is 12.3. The number of anilines is 1. The van der Waals surface area contributed by atoms with Gasteiger partial charge >= 0.3 is 6.09 Å². The highest BCUT2D eigenvalue weighted by atomic mass is 16.6. The summed E-state index contributed by atoms with van der Waals surface area (Å²) in [6.45, 7) is 11.6. The van der Waals surface area contributed by atoms with Crippen molar-refractivity contribution in [3.63, 3.8) is 0 Å². The average Bonchev–Trinajstić information content (AvgIpc) is 3.49. The molecule has 1 aromatic carbocycles. The lowest BCUT2D eigenvalue weighted by Gasteiger charge is -2.47. The van der Waals surface area contributed by atoms with Gasteiger partial charge in [-0.25, -0.2) is 9.48 Å². The van der Waals surface area contributed by atoms with E-state index in [1.54, 1.807) is 22.9 Å². The van der Waals surface area contributed by atoms with Gasteiger partial charge in [-0.2, -0.15) is 5.10 Å². The molecule has 3 aliphatic rings. The lowest BCUT2D eigenvalue weighted by Crippen LogP contribution is -2.52. The van der Waals surface area contributed by atoms with E-state index in [0.717, 1.165) is 51.6 Å². The summed E-state index contributed by atoms with van der Waals surface area (Å²) >= 11 is 0. The minimum Gasteiger partial charge on any atom is -0.507 e. The van der Waals surface area contributed by atoms with Gasteiger partial charge in [0.2, 0.25) is 0 Å². The van der Waals surface area contributed by atoms with Crippen molar-refractivity contribution in [3.8, 4) is 22.7 Å². The Kier molecular flexibility index (Phi) is 9.01. The number of nitrogens with two attached hydrogens (primary N) is 1. The van der Waals surface area contributed by atoms with Gasteiger partial charge in [0, 0.05) is 30.9 Å². The summed E-state index contributed by atoms with van der Waals surface area (Å²) in [6.07, 6.45) is 10.6. The molecule has 2 aromatic heterocycles. The van der Waals surface area contributed by atoms with Crippen LogP contribution in [-0.4, -0.2) is 91.0 Å². The first-order chi connectivity index (χ1) is 21.5. The number of carbonyl (C=O) groups is 1. The van der Waals surface area contributed by atoms with Crippen LogP contribution < -0.4 is 5.73 Å². The molecule has 242 valence electrons. The predicted octanol–water partition coefficient (Wildman–Crippen LogP) is 5.38. The molecule has 4 heterocycles. The second-order valence-electron chi connectivity index (χ2n) is 13.9. The SMILES string of the molecule is C[C@@H](c1cnn(-c2cc(-c3ccccc3O)nnc2N)c1)C1CCN(C2CC(OC3CCN(C(=O)OC(C)(C)C)CC3)C2)CC1. The number of rotatable bonds is 7. The van der Waals surface area contributed by atoms with E-state index in [2.05, 4.69) is 27.1 Å². The van der Waals surface area contributed by atoms with Crippen molar-refractivity contribution in [3.05, 3.63) is 48.3 Å². The summed E-state index contributed by atoms with van der Waals surface area (Å²) in [6, 6.07) is 9.48. The number of piperidine rings is 2. The number of carbonyl (C=O) groups excluding carboxylic acids is 1. The summed E-state index contributed by atoms with van der Waals surface area (Å²) in [4.78, 5) is 16.8. The number of benzene rings is 1. The average molecular weight is 618 g/mol. The van der Waals surface area contributed by atoms with E-state index in [4.69, 9.17) is 15.2 Å². The van der Waals surface area contributed by atoms with Gasteiger partial charge in [0.05, 0.1) is 24.1 Å². The van der Waals surface area contributed by atoms with Gasteiger partial charge in [-0.15, -0.1) is 10.2 Å². The molecular formula is C34H47N7O4. The number of nitrogen functional groups attached to an aromatic ring is 1. The zero-order valence-electron chi connectivity index (χ0n) is 26.9. The molecule has 11 heteroatoms. The highest BCUT2D eigenvalue weighted by Crippen LogP contribution is 2.38. The van der Waals surface area contributed by atoms with Crippen LogP contribution in [0.2, 0.25) is 0 Å². The van der Waals surface area contributed by atoms with Crippen molar-refractivity contribution in [1.29, 1.82) is 0 Å². The van der Waals surface area contributed by atoms with Crippen molar-refractivity contribution in [1.82, 2.24) is 29.8 Å². The largest absolute Gasteiger partial charge is 0.507 e. The number of aromatic nitrogens is 4. The number of ether oxygens (including phenoxy) is 2. The molecule has 3 fully saturated rings. The fourth-order valence-corrected chi connectivity index (χ4v) is 6.88. The molecule has 0 spiro atoms. The lowest BCUT2D eigenvalue weighted by molar-refractivity contribution is -0.106. The van der Waals surface area contributed by atoms with Gasteiger partial charge in [-0.05, 0) is 108 Å². The molecule has 1 saturated carbocycles. The van der Waals surface area contributed by atoms with Crippen LogP contribution in [0.15, 0.2) is 42.7 Å². The molecule has 6 rings (SSSR count). The Hall–Kier alpha value is -3.70. The predicted molar refractivity (Wildman–Crippen MR) is 172 cm³/mol. The molecule has 11 nitrogen and oxygen atoms in total. The Morgan fingerprint density at radius 1 is 1.02 bits per heavy atom. The van der Waals surface area contributed by atoms with Crippen LogP contribution in [0.4, 0.5) is 10.6 Å². The second-order valence-corrected chi connectivity index (χ2v) is 13.9. The molecule has 0 radical (unpaired) electrons. The molecule has 1 atom stereocenters. The third kappa shape index (κ3) is 7.25. The van der Waals surface area contributed by atoms with Crippen LogP contribution in [-0.2, 0) is 9.47 Å². The normalized spacial score (nSPS) is 22.6. The number of para-hydroxylation sites is 1. The number of aromatic hydroxyl groups is 1. The van der Waals surface area contributed by atoms with Crippen LogP contribution in [0.5, 0.6) is 5.75 Å². The third-order valence-electron chi connectivity index (χ3n) is 9.70. The number of hydrogen-bond donors (Lipinski definition) is 2. The molecule has 3 N–H and O–H groups in total. The minimum absolute atomic E-state index is 0.144. The van der Waals surface area contributed by atoms with E-state index < -0.39 is 5.60 Å². The molecule has 1 aliphatic carbocycles. The smallest absolute Gasteiger partial charge is 0.410 e. The van der Waals surface area contributed by atoms with E-state index >= 15 is 0 Å². The third-order valence-corrected chi connectivity index (χ3v) is 9.70. The number of likely N-dealkylation sites (tertiary alicyclic amines) is 2. The first-order valence-corrected chi connectivity index (χ1v) is 16.4. The van der Waals surface area contributed by atoms with Crippen molar-refractivity contribution in [2.75, 3.05) is 31.9 Å². The Morgan fingerprint density at radius 3 is 2.42 bits per heavy atom. The van der Waals surface area contributed by atoms with Crippen molar-refractivity contribution >= 4 is 11.9 Å². The zero-order chi connectivity index (χ0) is 31.7. The minimum atomic E-state index is -0.463. The van der Waals surface area contributed by atoms with E-state index in [9.17, 15) is 9.90 Å². The quantitative estimate of drug-likeness (QED) is 0.359. The highest BCUT2D eigenvalue weighted by Gasteiger charge is 2.39. The summed E-state index contributed by atoms with van der Waals surface area (Å²) in [7, 11) is 0. The molecule has 0 bridgehead atoms. The molecule has 3 aromatic rings. The van der Waals surface area contributed by atoms with Gasteiger partial charge in [0.15, 0.2) is 5.82 Å². The first kappa shape index (κ1) is 31.3. The maximum atomic E-state index is 12.3. The van der Waals surface area contributed by atoms with Crippen LogP contribution >= 0.6 is 0 Å². The fourth-order valence-electron chi connectivity index (χ4n) is 6.88. The van der Waals surface area contributed by atoms with E-state index in [-0.39, 0.29) is 17.9 Å². The topological polar surface area (TPSA) is 132 Å². The van der Waals surface area contributed by atoms with Gasteiger partial charge in [-0.3, -0.25) is 0 Å². The maximum Gasteiger partial charge on any atom is 0.410 e. The number of amides is 1. The van der Waals surface area contributed by atoms with Crippen LogP contribution in [0.3, 0.4) is 0 Å². The molecule has 2 saturated heterocycles. The summed E-state index contributed by atoms with van der Waals surface area (Å²) in [5.74, 6) is 1.40. The first-order valence-electron chi connectivity index (χ1n) is 16.4. The standard InChI is InChI=1S/C34H47N7O4/c1-22(24-20-36-41(21-24)30-19-29(37-38-32(30)35)28-7-5-6-8-31(28)42)23-9-13-39(14-10-23)25-17-27(18-25)44-26-11-15-40(16-12-26)33(43)45-34(2,3)4/h5-8,19-23,25-27,42H,9-18H2,1-4H3,(H2,35,38)/t22-,25?,27?/m1/s1. The number of phenolic OH excluding ortho intramolecular Hbond substituents is 1. The van der Waals surface area contributed by atoms with E-state index in [1.807, 2.05) is 50.2 Å². The van der Waals surface area contributed by atoms with Crippen molar-refractivity contribution in [2.24, 2.45) is 5.92 Å². The molecule has 2 aliphatic heterocycles. The summed E-state index contributed by atoms with van der Waals surface area (Å²) in [5.41, 5.74) is 8.70. The zero-order valence-corrected chi connectivity index (χ0v) is 26.9. The number of phenols is 1. The van der Waals surface area contributed by atoms with Crippen molar-refractivity contribution in [2.45, 2.75) is 96.0 Å². The van der Waals surface area contributed by atoms with Crippen LogP contribution in [0.1, 0.15) is 77.7 Å². The Labute approximate surface area is 265 Å². The fraction of sp³-hybridized carbons (Fsp3) is 0.588. The second kappa shape index (κ2) is 13.0. The molecule has 1 amide bonds. The summed E-state index contributed by atoms with van der Waals surface area (Å²) < 4.78 is 13.7. The van der Waals surface area contributed by atoms with Gasteiger partial charge < -0.3 is 30.1 Å². The van der Waals surface area contributed by atoms with Gasteiger partial charge in [0.1, 0.15) is 17.0 Å². The Bertz CT molecular complexity index is 1470. The van der Waals surface area contributed by atoms with E-state index in [1.165, 1.54) is 5.56 Å². The van der Waals surface area contributed by atoms with Crippen LogP contribution in [0.25, 0.3) is 16.9 Å². The summed E-state index contributed by atoms with van der Waals surface area (Å²) in [5, 5.41) is 23.2. The number of hydrogen-bond acceptors (Lipinski definition) is 9. The van der Waals surface area contributed by atoms with Crippen molar-refractivity contribution < 1.29 is 19.4 Å². The van der Waals surface area contributed by atoms with Gasteiger partial charge in [0.25, 0.3) is 0 Å². The van der Waals surface area contributed by atoms with Gasteiger partial charge in [-0.1, -0.05) is 19.1 Å². The Morgan fingerprint density at radius 2 is 1.73 bits per heavy atom. The Balaban J connectivity index is 0.955. The van der Waals surface area contributed by atoms with Crippen LogP contribution in [0, 0.1) is 5.92 Å². The molecule has 45 heavy (non-hydrogen) atoms.